The first kappa shape index (κ1) is 17.0. The van der Waals surface area contributed by atoms with Gasteiger partial charge in [0.2, 0.25) is 5.91 Å². The van der Waals surface area contributed by atoms with Gasteiger partial charge in [-0.1, -0.05) is 11.8 Å². The van der Waals surface area contributed by atoms with Crippen molar-refractivity contribution >= 4 is 17.7 Å². The third kappa shape index (κ3) is 3.63. The van der Waals surface area contributed by atoms with E-state index in [2.05, 4.69) is 15.2 Å². The Balaban J connectivity index is 2.10. The minimum Gasteiger partial charge on any atom is -0.497 e. The first-order valence-electron chi connectivity index (χ1n) is 7.56. The molecule has 7 nitrogen and oxygen atoms in total. The number of nitrogens with two attached hydrogens (primary N) is 1. The molecular formula is C17H17N5O2S. The zero-order valence-corrected chi connectivity index (χ0v) is 14.6. The Kier molecular flexibility index (Phi) is 4.99. The van der Waals surface area contributed by atoms with E-state index in [1.54, 1.807) is 26.4 Å². The Morgan fingerprint density at radius 1 is 1.16 bits per heavy atom. The van der Waals surface area contributed by atoms with Crippen molar-refractivity contribution in [1.82, 2.24) is 19.7 Å². The third-order valence-corrected chi connectivity index (χ3v) is 4.65. The highest BCUT2D eigenvalue weighted by molar-refractivity contribution is 8.00. The Labute approximate surface area is 149 Å². The highest BCUT2D eigenvalue weighted by Gasteiger charge is 2.20. The zero-order valence-electron chi connectivity index (χ0n) is 13.8. The molecule has 1 atom stereocenters. The van der Waals surface area contributed by atoms with Crippen LogP contribution in [-0.4, -0.2) is 38.0 Å². The summed E-state index contributed by atoms with van der Waals surface area (Å²) in [7, 11) is 1.62. The van der Waals surface area contributed by atoms with E-state index in [0.29, 0.717) is 11.0 Å². The summed E-state index contributed by atoms with van der Waals surface area (Å²) >= 11 is 1.27. The lowest BCUT2D eigenvalue weighted by atomic mass is 10.2. The van der Waals surface area contributed by atoms with Gasteiger partial charge in [-0.2, -0.15) is 0 Å². The van der Waals surface area contributed by atoms with Crippen LogP contribution in [-0.2, 0) is 4.79 Å². The number of methoxy groups -OCH3 is 1. The molecule has 0 radical (unpaired) electrons. The van der Waals surface area contributed by atoms with Crippen LogP contribution in [0.15, 0.2) is 53.9 Å². The number of carbonyl (C=O) groups excluding carboxylic acids is 1. The summed E-state index contributed by atoms with van der Waals surface area (Å²) in [5, 5.41) is 8.71. The van der Waals surface area contributed by atoms with E-state index in [0.717, 1.165) is 17.0 Å². The highest BCUT2D eigenvalue weighted by Crippen LogP contribution is 2.30. The average Bonchev–Trinajstić information content (AvgIpc) is 3.06. The molecule has 2 aromatic heterocycles. The maximum atomic E-state index is 11.4. The van der Waals surface area contributed by atoms with Gasteiger partial charge >= 0.3 is 0 Å². The van der Waals surface area contributed by atoms with Gasteiger partial charge < -0.3 is 10.5 Å². The molecule has 2 heterocycles. The van der Waals surface area contributed by atoms with Crippen molar-refractivity contribution in [2.45, 2.75) is 17.3 Å². The van der Waals surface area contributed by atoms with Crippen molar-refractivity contribution in [3.05, 3.63) is 48.8 Å². The normalized spacial score (nSPS) is 11.9. The predicted octanol–water partition coefficient (Wildman–Crippen LogP) is 2.30. The van der Waals surface area contributed by atoms with E-state index in [1.165, 1.54) is 11.8 Å². The first-order valence-corrected chi connectivity index (χ1v) is 8.44. The van der Waals surface area contributed by atoms with E-state index in [-0.39, 0.29) is 0 Å². The number of benzene rings is 1. The highest BCUT2D eigenvalue weighted by atomic mass is 32.2. The zero-order chi connectivity index (χ0) is 17.8. The number of carbonyl (C=O) groups is 1. The minimum atomic E-state index is -0.425. The van der Waals surface area contributed by atoms with Gasteiger partial charge in [-0.25, -0.2) is 0 Å². The van der Waals surface area contributed by atoms with Gasteiger partial charge in [0.25, 0.3) is 0 Å². The van der Waals surface area contributed by atoms with E-state index in [9.17, 15) is 4.79 Å². The van der Waals surface area contributed by atoms with Crippen LogP contribution in [0.3, 0.4) is 0 Å². The number of pyridine rings is 1. The second-order valence-electron chi connectivity index (χ2n) is 5.24. The van der Waals surface area contributed by atoms with Crippen molar-refractivity contribution in [2.24, 2.45) is 5.73 Å². The quantitative estimate of drug-likeness (QED) is 0.682. The summed E-state index contributed by atoms with van der Waals surface area (Å²) in [5.41, 5.74) is 7.12. The number of hydrogen-bond donors (Lipinski definition) is 1. The SMILES string of the molecule is COc1ccc(-n2c(S[C@H](C)C(N)=O)nnc2-c2ccncc2)cc1. The van der Waals surface area contributed by atoms with Gasteiger partial charge in [-0.3, -0.25) is 14.3 Å². The monoisotopic (exact) mass is 355 g/mol. The summed E-state index contributed by atoms with van der Waals surface area (Å²) in [5.74, 6) is 1.01. The molecule has 0 aliphatic carbocycles. The fraction of sp³-hybridized carbons (Fsp3) is 0.176. The Morgan fingerprint density at radius 3 is 2.44 bits per heavy atom. The molecule has 0 spiro atoms. The van der Waals surface area contributed by atoms with E-state index >= 15 is 0 Å². The topological polar surface area (TPSA) is 95.9 Å². The van der Waals surface area contributed by atoms with Gasteiger partial charge in [-0.05, 0) is 43.3 Å². The fourth-order valence-corrected chi connectivity index (χ4v) is 3.03. The smallest absolute Gasteiger partial charge is 0.230 e. The van der Waals surface area contributed by atoms with Crippen molar-refractivity contribution in [2.75, 3.05) is 7.11 Å². The van der Waals surface area contributed by atoms with Crippen molar-refractivity contribution in [3.63, 3.8) is 0 Å². The van der Waals surface area contributed by atoms with Crippen LogP contribution in [0.2, 0.25) is 0 Å². The molecule has 2 N–H and O–H groups in total. The molecule has 8 heteroatoms. The molecule has 1 amide bonds. The maximum Gasteiger partial charge on any atom is 0.230 e. The summed E-state index contributed by atoms with van der Waals surface area (Å²) < 4.78 is 7.10. The molecule has 1 aromatic carbocycles. The van der Waals surface area contributed by atoms with Crippen LogP contribution in [0.4, 0.5) is 0 Å². The van der Waals surface area contributed by atoms with Crippen LogP contribution in [0.1, 0.15) is 6.92 Å². The molecule has 0 aliphatic rings. The molecule has 0 unspecified atom stereocenters. The van der Waals surface area contributed by atoms with E-state index < -0.39 is 11.2 Å². The first-order chi connectivity index (χ1) is 12.1. The number of thioether (sulfide) groups is 1. The number of aromatic nitrogens is 4. The Hall–Kier alpha value is -2.87. The lowest BCUT2D eigenvalue weighted by Crippen LogP contribution is -2.23. The molecule has 3 aromatic rings. The molecular weight excluding hydrogens is 338 g/mol. The molecule has 3 rings (SSSR count). The average molecular weight is 355 g/mol. The minimum absolute atomic E-state index is 0.403. The lowest BCUT2D eigenvalue weighted by molar-refractivity contribution is -0.117. The molecule has 0 bridgehead atoms. The van der Waals surface area contributed by atoms with Crippen molar-refractivity contribution in [1.29, 1.82) is 0 Å². The number of nitrogens with zero attached hydrogens (tertiary/aromatic N) is 4. The largest absolute Gasteiger partial charge is 0.497 e. The molecule has 0 fully saturated rings. The van der Waals surface area contributed by atoms with Gasteiger partial charge in [0.05, 0.1) is 12.4 Å². The molecule has 128 valence electrons. The van der Waals surface area contributed by atoms with Gasteiger partial charge in [0, 0.05) is 23.6 Å². The third-order valence-electron chi connectivity index (χ3n) is 3.59. The predicted molar refractivity (Wildman–Crippen MR) is 95.7 cm³/mol. The van der Waals surface area contributed by atoms with Crippen LogP contribution in [0, 0.1) is 0 Å². The number of hydrogen-bond acceptors (Lipinski definition) is 6. The number of amides is 1. The molecule has 25 heavy (non-hydrogen) atoms. The molecule has 0 saturated heterocycles. The maximum absolute atomic E-state index is 11.4. The molecule has 0 saturated carbocycles. The Morgan fingerprint density at radius 2 is 1.84 bits per heavy atom. The second-order valence-corrected chi connectivity index (χ2v) is 6.55. The standard InChI is InChI=1S/C17H17N5O2S/c1-11(15(18)23)25-17-21-20-16(12-7-9-19-10-8-12)22(17)13-3-5-14(24-2)6-4-13/h3-11H,1-2H3,(H2,18,23)/t11-/m1/s1. The summed E-state index contributed by atoms with van der Waals surface area (Å²) in [6.45, 7) is 1.74. The van der Waals surface area contributed by atoms with Gasteiger partial charge in [-0.15, -0.1) is 10.2 Å². The van der Waals surface area contributed by atoms with Crippen LogP contribution >= 0.6 is 11.8 Å². The second kappa shape index (κ2) is 7.35. The number of primary amides is 1. The summed E-state index contributed by atoms with van der Waals surface area (Å²) in [4.78, 5) is 15.5. The number of ether oxygens (including phenoxy) is 1. The van der Waals surface area contributed by atoms with Gasteiger partial charge in [0.15, 0.2) is 11.0 Å². The van der Waals surface area contributed by atoms with E-state index in [4.69, 9.17) is 10.5 Å². The number of rotatable bonds is 6. The van der Waals surface area contributed by atoms with Crippen LogP contribution < -0.4 is 10.5 Å². The van der Waals surface area contributed by atoms with Crippen LogP contribution in [0.5, 0.6) is 5.75 Å². The van der Waals surface area contributed by atoms with Gasteiger partial charge in [0.1, 0.15) is 5.75 Å². The summed E-state index contributed by atoms with van der Waals surface area (Å²) in [6.07, 6.45) is 3.39. The van der Waals surface area contributed by atoms with Crippen molar-refractivity contribution in [3.8, 4) is 22.8 Å². The Bertz CT molecular complexity index is 865. The fourth-order valence-electron chi connectivity index (χ4n) is 2.21. The summed E-state index contributed by atoms with van der Waals surface area (Å²) in [6, 6.07) is 11.2. The lowest BCUT2D eigenvalue weighted by Gasteiger charge is -2.12. The van der Waals surface area contributed by atoms with Crippen molar-refractivity contribution < 1.29 is 9.53 Å². The van der Waals surface area contributed by atoms with Crippen LogP contribution in [0.25, 0.3) is 17.1 Å². The van der Waals surface area contributed by atoms with E-state index in [1.807, 2.05) is 41.0 Å². The molecule has 0 aliphatic heterocycles.